The molecule has 3 unspecified atom stereocenters. The van der Waals surface area contributed by atoms with Crippen LogP contribution in [0.3, 0.4) is 0 Å². The maximum atomic E-state index is 12.5. The minimum absolute atomic E-state index is 0.0105. The molecule has 0 aliphatic heterocycles. The standard InChI is InChI=1S/C35H66NO9P/c1-3-5-7-9-11-13-15-16-17-19-21-23-25-27-34(37)45-32(30-43-46(40,41)44-31-33(36)35(38)39)29-42-28-26-24-22-20-18-14-12-10-8-6-4-2/h8,10,13,15,32-33H,3-7,9,11-12,14,16-31,36H2,1-2H3,(H,38,39)(H,40,41)/b10-8-,15-13-. The van der Waals surface area contributed by atoms with Crippen LogP contribution in [0.4, 0.5) is 0 Å². The van der Waals surface area contributed by atoms with E-state index < -0.39 is 45.1 Å². The van der Waals surface area contributed by atoms with Gasteiger partial charge in [-0.3, -0.25) is 18.6 Å². The lowest BCUT2D eigenvalue weighted by Gasteiger charge is -2.20. The van der Waals surface area contributed by atoms with Gasteiger partial charge in [0.05, 0.1) is 19.8 Å². The van der Waals surface area contributed by atoms with Gasteiger partial charge in [0.1, 0.15) is 12.1 Å². The summed E-state index contributed by atoms with van der Waals surface area (Å²) in [6.45, 7) is 3.76. The van der Waals surface area contributed by atoms with E-state index in [1.54, 1.807) is 0 Å². The second-order valence-electron chi connectivity index (χ2n) is 12.0. The van der Waals surface area contributed by atoms with Crippen LogP contribution >= 0.6 is 7.82 Å². The largest absolute Gasteiger partial charge is 0.480 e. The third kappa shape index (κ3) is 31.1. The summed E-state index contributed by atoms with van der Waals surface area (Å²) >= 11 is 0. The average Bonchev–Trinajstić information content (AvgIpc) is 3.03. The molecule has 10 nitrogen and oxygen atoms in total. The van der Waals surface area contributed by atoms with E-state index in [-0.39, 0.29) is 13.0 Å². The summed E-state index contributed by atoms with van der Waals surface area (Å²) in [5, 5.41) is 8.84. The summed E-state index contributed by atoms with van der Waals surface area (Å²) < 4.78 is 33.1. The summed E-state index contributed by atoms with van der Waals surface area (Å²) in [6.07, 6.45) is 30.9. The summed E-state index contributed by atoms with van der Waals surface area (Å²) in [5.41, 5.74) is 5.32. The minimum Gasteiger partial charge on any atom is -0.480 e. The maximum absolute atomic E-state index is 12.5. The molecule has 0 aliphatic rings. The first-order valence-electron chi connectivity index (χ1n) is 17.9. The fraction of sp³-hybridized carbons (Fsp3) is 0.829. The predicted molar refractivity (Wildman–Crippen MR) is 185 cm³/mol. The molecule has 0 aromatic heterocycles. The van der Waals surface area contributed by atoms with Crippen LogP contribution in [-0.4, -0.2) is 60.5 Å². The Kier molecular flexibility index (Phi) is 30.9. The smallest absolute Gasteiger partial charge is 0.472 e. The van der Waals surface area contributed by atoms with Crippen molar-refractivity contribution in [2.45, 2.75) is 161 Å². The van der Waals surface area contributed by atoms with Gasteiger partial charge in [0, 0.05) is 13.0 Å². The molecule has 0 amide bonds. The summed E-state index contributed by atoms with van der Waals surface area (Å²) in [7, 11) is -4.61. The Hall–Kier alpha value is -1.55. The van der Waals surface area contributed by atoms with E-state index in [1.165, 1.54) is 57.8 Å². The molecule has 0 aromatic rings. The zero-order valence-corrected chi connectivity index (χ0v) is 29.8. The van der Waals surface area contributed by atoms with Gasteiger partial charge >= 0.3 is 19.8 Å². The minimum atomic E-state index is -4.61. The third-order valence-electron chi connectivity index (χ3n) is 7.43. The number of carboxylic acids is 1. The Balaban J connectivity index is 4.36. The molecule has 3 atom stereocenters. The van der Waals surface area contributed by atoms with E-state index in [4.69, 9.17) is 24.8 Å². The lowest BCUT2D eigenvalue weighted by molar-refractivity contribution is -0.154. The van der Waals surface area contributed by atoms with Crippen molar-refractivity contribution >= 4 is 19.8 Å². The molecule has 4 N–H and O–H groups in total. The van der Waals surface area contributed by atoms with E-state index in [2.05, 4.69) is 42.7 Å². The second-order valence-corrected chi connectivity index (χ2v) is 13.4. The second kappa shape index (κ2) is 32.0. The zero-order chi connectivity index (χ0) is 34.1. The monoisotopic (exact) mass is 675 g/mol. The first-order valence-corrected chi connectivity index (χ1v) is 19.4. The predicted octanol–water partition coefficient (Wildman–Crippen LogP) is 8.80. The van der Waals surface area contributed by atoms with Crippen LogP contribution in [-0.2, 0) is 32.7 Å². The van der Waals surface area contributed by atoms with Crippen molar-refractivity contribution in [1.29, 1.82) is 0 Å². The molecule has 0 saturated carbocycles. The molecule has 0 saturated heterocycles. The molecule has 0 aliphatic carbocycles. The number of ether oxygens (including phenoxy) is 2. The summed E-state index contributed by atoms with van der Waals surface area (Å²) in [4.78, 5) is 33.3. The Morgan fingerprint density at radius 2 is 1.17 bits per heavy atom. The Morgan fingerprint density at radius 3 is 1.74 bits per heavy atom. The van der Waals surface area contributed by atoms with Crippen molar-refractivity contribution in [1.82, 2.24) is 0 Å². The Bertz CT molecular complexity index is 837. The maximum Gasteiger partial charge on any atom is 0.472 e. The molecule has 0 bridgehead atoms. The molecule has 0 radical (unpaired) electrons. The molecule has 0 aromatic carbocycles. The number of unbranched alkanes of at least 4 members (excludes halogenated alkanes) is 16. The van der Waals surface area contributed by atoms with Crippen LogP contribution in [0.1, 0.15) is 149 Å². The SMILES string of the molecule is CCC/C=C\CCCCCCCCOCC(COP(=O)(O)OCC(N)C(=O)O)OC(=O)CCCCCCC/C=C\CCCCCC. The van der Waals surface area contributed by atoms with Crippen LogP contribution in [0.25, 0.3) is 0 Å². The van der Waals surface area contributed by atoms with E-state index in [0.29, 0.717) is 13.0 Å². The number of aliphatic carboxylic acids is 1. The normalized spacial score (nSPS) is 14.5. The first kappa shape index (κ1) is 44.5. The lowest BCUT2D eigenvalue weighted by atomic mass is 10.1. The van der Waals surface area contributed by atoms with Gasteiger partial charge in [0.25, 0.3) is 0 Å². The quantitative estimate of drug-likeness (QED) is 0.0261. The number of esters is 1. The molecular weight excluding hydrogens is 609 g/mol. The van der Waals surface area contributed by atoms with Gasteiger partial charge < -0.3 is 25.2 Å². The van der Waals surface area contributed by atoms with Gasteiger partial charge in [-0.25, -0.2) is 4.57 Å². The highest BCUT2D eigenvalue weighted by Gasteiger charge is 2.27. The van der Waals surface area contributed by atoms with E-state index in [1.807, 2.05) is 0 Å². The van der Waals surface area contributed by atoms with Crippen molar-refractivity contribution in [2.75, 3.05) is 26.4 Å². The number of hydrogen-bond donors (Lipinski definition) is 3. The van der Waals surface area contributed by atoms with Crippen LogP contribution in [0, 0.1) is 0 Å². The fourth-order valence-corrected chi connectivity index (χ4v) is 5.38. The third-order valence-corrected chi connectivity index (χ3v) is 8.38. The highest BCUT2D eigenvalue weighted by atomic mass is 31.2. The number of carbonyl (C=O) groups is 2. The van der Waals surface area contributed by atoms with Crippen LogP contribution in [0.15, 0.2) is 24.3 Å². The molecular formula is C35H66NO9P. The highest BCUT2D eigenvalue weighted by Crippen LogP contribution is 2.43. The number of allylic oxidation sites excluding steroid dienone is 4. The van der Waals surface area contributed by atoms with Gasteiger partial charge in [-0.15, -0.1) is 0 Å². The summed E-state index contributed by atoms with van der Waals surface area (Å²) in [5.74, 6) is -1.79. The van der Waals surface area contributed by atoms with Crippen molar-refractivity contribution in [3.63, 3.8) is 0 Å². The molecule has 46 heavy (non-hydrogen) atoms. The molecule has 0 rings (SSSR count). The van der Waals surface area contributed by atoms with Crippen LogP contribution in [0.5, 0.6) is 0 Å². The van der Waals surface area contributed by atoms with E-state index in [0.717, 1.165) is 64.2 Å². The first-order chi connectivity index (χ1) is 22.2. The zero-order valence-electron chi connectivity index (χ0n) is 28.9. The fourth-order valence-electron chi connectivity index (χ4n) is 4.60. The number of nitrogens with two attached hydrogens (primary N) is 1. The van der Waals surface area contributed by atoms with Crippen molar-refractivity contribution < 1.29 is 42.7 Å². The van der Waals surface area contributed by atoms with E-state index >= 15 is 0 Å². The topological polar surface area (TPSA) is 155 Å². The number of rotatable bonds is 34. The van der Waals surface area contributed by atoms with Crippen LogP contribution < -0.4 is 5.73 Å². The molecule has 0 spiro atoms. The van der Waals surface area contributed by atoms with Gasteiger partial charge in [0.15, 0.2) is 0 Å². The lowest BCUT2D eigenvalue weighted by Crippen LogP contribution is -2.34. The molecule has 0 fully saturated rings. The van der Waals surface area contributed by atoms with Crippen molar-refractivity contribution in [3.8, 4) is 0 Å². The number of carbonyl (C=O) groups excluding carboxylic acids is 1. The number of hydrogen-bond acceptors (Lipinski definition) is 8. The highest BCUT2D eigenvalue weighted by molar-refractivity contribution is 7.47. The Labute approximate surface area is 279 Å². The van der Waals surface area contributed by atoms with Crippen molar-refractivity contribution in [3.05, 3.63) is 24.3 Å². The van der Waals surface area contributed by atoms with Gasteiger partial charge in [-0.05, 0) is 57.8 Å². The van der Waals surface area contributed by atoms with Gasteiger partial charge in [-0.2, -0.15) is 0 Å². The number of phosphoric acid groups is 1. The number of carboxylic acid groups (broad SMARTS) is 1. The van der Waals surface area contributed by atoms with Gasteiger partial charge in [0.2, 0.25) is 0 Å². The molecule has 11 heteroatoms. The molecule has 0 heterocycles. The van der Waals surface area contributed by atoms with Gasteiger partial charge in [-0.1, -0.05) is 109 Å². The van der Waals surface area contributed by atoms with Crippen LogP contribution in [0.2, 0.25) is 0 Å². The van der Waals surface area contributed by atoms with Crippen molar-refractivity contribution in [2.24, 2.45) is 5.73 Å². The number of phosphoric ester groups is 1. The summed E-state index contributed by atoms with van der Waals surface area (Å²) in [6, 6.07) is -1.47. The Morgan fingerprint density at radius 1 is 0.674 bits per heavy atom. The average molecular weight is 676 g/mol. The molecule has 270 valence electrons. The van der Waals surface area contributed by atoms with E-state index in [9.17, 15) is 19.0 Å².